The van der Waals surface area contributed by atoms with Gasteiger partial charge in [0.25, 0.3) is 0 Å². The number of aromatic nitrogens is 1. The standard InChI is InChI=1S/C41H58IN4O11/c1-9-25-20-41(25,38(49)50)42-45-36(47)29-18-26(21-46(29)37(48)35(40(4,5)6)44-39(51)57-31-17-24-16-28(31)22(24)2)56-32-19-33(55-15-13-53-8)43-34-23(3)30(11-10-27(32)34)54-14-12-52-7/h10-11,19,22,24-26,28-29,31,35H,9,12-18,20-21H2,1-8H3,(H,44,51)(H,45,47)(H,49,50)/q-1/t22?,24-,25-,26?,28-,29+,31+,35-,41-/m1/s1. The fraction of sp³-hybridized carbons (Fsp3) is 0.683. The zero-order valence-electron chi connectivity index (χ0n) is 34.2. The van der Waals surface area contributed by atoms with Gasteiger partial charge in [-0.25, -0.2) is 0 Å². The number of pyridine rings is 1. The van der Waals surface area contributed by atoms with Gasteiger partial charge < -0.3 is 9.47 Å². The van der Waals surface area contributed by atoms with Crippen LogP contribution in [0, 0.1) is 36.0 Å². The molecule has 2 bridgehead atoms. The Balaban J connectivity index is 1.27. The van der Waals surface area contributed by atoms with E-state index < -0.39 is 72.4 Å². The van der Waals surface area contributed by atoms with Gasteiger partial charge in [0.05, 0.1) is 6.61 Å². The van der Waals surface area contributed by atoms with Gasteiger partial charge in [0.2, 0.25) is 0 Å². The number of ether oxygens (including phenoxy) is 6. The van der Waals surface area contributed by atoms with E-state index in [-0.39, 0.29) is 31.6 Å². The van der Waals surface area contributed by atoms with E-state index in [0.29, 0.717) is 78.7 Å². The molecule has 2 unspecified atom stereocenters. The molecule has 7 rings (SSSR count). The summed E-state index contributed by atoms with van der Waals surface area (Å²) in [5, 5.41) is 13.6. The molecule has 1 aromatic carbocycles. The first-order valence-corrected chi connectivity index (χ1v) is 22.1. The van der Waals surface area contributed by atoms with Crippen LogP contribution in [-0.4, -0.2) is 114 Å². The van der Waals surface area contributed by atoms with Gasteiger partial charge in [-0.05, 0) is 0 Å². The Morgan fingerprint density at radius 3 is 2.35 bits per heavy atom. The second-order valence-electron chi connectivity index (χ2n) is 16.9. The molecule has 5 aliphatic rings. The van der Waals surface area contributed by atoms with Crippen LogP contribution >= 0.6 is 0 Å². The van der Waals surface area contributed by atoms with Crippen molar-refractivity contribution in [1.29, 1.82) is 0 Å². The summed E-state index contributed by atoms with van der Waals surface area (Å²) < 4.78 is 36.9. The van der Waals surface area contributed by atoms with E-state index in [1.165, 1.54) is 4.90 Å². The van der Waals surface area contributed by atoms with Gasteiger partial charge in [-0.2, -0.15) is 0 Å². The SMILES string of the molecule is CC[C@@H]1C[C@]1([I-]NC(=O)[C@@H]1CC(Oc2cc(OCCOC)nc3c(C)c(OCCOC)ccc23)CN1C(=O)[C@@H](NC(=O)O[C@H]1C[C@H]2C[C@@H]1C2C)C(C)(C)C)C(=O)O. The number of rotatable bonds is 18. The average molecular weight is 910 g/mol. The van der Waals surface area contributed by atoms with Gasteiger partial charge in [0.1, 0.15) is 6.61 Å². The number of hydrogen-bond donors (Lipinski definition) is 3. The number of carbonyl (C=O) groups excluding carboxylic acids is 3. The predicted molar refractivity (Wildman–Crippen MR) is 205 cm³/mol. The molecule has 15 nitrogen and oxygen atoms in total. The number of hydrogen-bond acceptors (Lipinski definition) is 11. The number of halogens is 1. The fourth-order valence-electron chi connectivity index (χ4n) is 8.53. The molecule has 0 spiro atoms. The molecule has 57 heavy (non-hydrogen) atoms. The summed E-state index contributed by atoms with van der Waals surface area (Å²) in [7, 11) is 3.18. The van der Waals surface area contributed by atoms with Crippen LogP contribution in [0.15, 0.2) is 18.2 Å². The molecule has 4 saturated carbocycles. The van der Waals surface area contributed by atoms with Crippen LogP contribution in [0.1, 0.15) is 72.3 Å². The number of aryl methyl sites for hydroxylation is 1. The van der Waals surface area contributed by atoms with E-state index in [1.807, 2.05) is 46.8 Å². The van der Waals surface area contributed by atoms with Crippen molar-refractivity contribution in [3.05, 3.63) is 23.8 Å². The van der Waals surface area contributed by atoms with Gasteiger partial charge in [-0.1, -0.05) is 6.92 Å². The minimum atomic E-state index is -1.30. The molecule has 3 amide bonds. The van der Waals surface area contributed by atoms with E-state index in [1.54, 1.807) is 20.3 Å². The van der Waals surface area contributed by atoms with Crippen LogP contribution in [0.5, 0.6) is 17.4 Å². The molecule has 2 heterocycles. The van der Waals surface area contributed by atoms with E-state index >= 15 is 0 Å². The van der Waals surface area contributed by atoms with Crippen LogP contribution in [-0.2, 0) is 28.6 Å². The normalized spacial score (nSPS) is 28.1. The topological polar surface area (TPSA) is 184 Å². The quantitative estimate of drug-likeness (QED) is 0.0850. The van der Waals surface area contributed by atoms with Crippen molar-refractivity contribution in [2.75, 3.05) is 47.2 Å². The Kier molecular flexibility index (Phi) is 13.3. The molecule has 4 aliphatic carbocycles. The number of benzene rings is 1. The second-order valence-corrected chi connectivity index (χ2v) is 19.9. The first-order valence-electron chi connectivity index (χ1n) is 19.9. The van der Waals surface area contributed by atoms with Crippen molar-refractivity contribution in [2.24, 2.45) is 29.1 Å². The van der Waals surface area contributed by atoms with Gasteiger partial charge in [-0.3, -0.25) is 0 Å². The number of amides is 3. The Hall–Kier alpha value is -3.64. The van der Waals surface area contributed by atoms with E-state index in [2.05, 4.69) is 15.8 Å². The molecule has 1 aromatic heterocycles. The van der Waals surface area contributed by atoms with Crippen molar-refractivity contribution in [3.63, 3.8) is 0 Å². The maximum atomic E-state index is 14.7. The van der Waals surface area contributed by atoms with Crippen molar-refractivity contribution in [3.8, 4) is 17.4 Å². The first kappa shape index (κ1) is 43.0. The van der Waals surface area contributed by atoms with E-state index in [9.17, 15) is 24.3 Å². The summed E-state index contributed by atoms with van der Waals surface area (Å²) in [5.74, 6) is 1.00. The molecule has 1 saturated heterocycles. The van der Waals surface area contributed by atoms with Crippen LogP contribution in [0.2, 0.25) is 0 Å². The van der Waals surface area contributed by atoms with Gasteiger partial charge >= 0.3 is 303 Å². The summed E-state index contributed by atoms with van der Waals surface area (Å²) in [6, 6.07) is 3.37. The molecule has 9 atom stereocenters. The average Bonchev–Trinajstić information content (AvgIpc) is 3.37. The molecule has 316 valence electrons. The number of nitrogens with zero attached hydrogens (tertiary/aromatic N) is 2. The number of alkyl halides is 1. The van der Waals surface area contributed by atoms with E-state index in [4.69, 9.17) is 33.4 Å². The molecule has 3 N–H and O–H groups in total. The number of carboxylic acids is 1. The van der Waals surface area contributed by atoms with Crippen molar-refractivity contribution in [2.45, 2.75) is 101 Å². The minimum absolute atomic E-state index is 0.00405. The maximum absolute atomic E-state index is 14.7. The molecule has 2 aromatic rings. The summed E-state index contributed by atoms with van der Waals surface area (Å²) in [6.07, 6.45) is 1.74. The van der Waals surface area contributed by atoms with Crippen molar-refractivity contribution < 1.29 is 74.2 Å². The van der Waals surface area contributed by atoms with Crippen molar-refractivity contribution >= 4 is 34.8 Å². The third-order valence-electron chi connectivity index (χ3n) is 12.2. The zero-order valence-corrected chi connectivity index (χ0v) is 36.4. The molecule has 1 aliphatic heterocycles. The Bertz CT molecular complexity index is 1820. The predicted octanol–water partition coefficient (Wildman–Crippen LogP) is 1.50. The van der Waals surface area contributed by atoms with Crippen LogP contribution in [0.25, 0.3) is 10.9 Å². The van der Waals surface area contributed by atoms with Crippen LogP contribution < -0.4 is 44.5 Å². The van der Waals surface area contributed by atoms with Gasteiger partial charge in [-0.15, -0.1) is 0 Å². The second kappa shape index (κ2) is 17.7. The molecule has 0 radical (unpaired) electrons. The van der Waals surface area contributed by atoms with Crippen molar-refractivity contribution in [1.82, 2.24) is 18.7 Å². The zero-order chi connectivity index (χ0) is 41.2. The number of alkyl carbamates (subject to hydrolysis) is 1. The monoisotopic (exact) mass is 909 g/mol. The third-order valence-corrected chi connectivity index (χ3v) is 15.7. The number of fused-ring (bicyclic) bond motifs is 2. The van der Waals surface area contributed by atoms with E-state index in [0.717, 1.165) is 18.4 Å². The summed E-state index contributed by atoms with van der Waals surface area (Å²) in [5.41, 5.74) is 0.613. The molecule has 16 heteroatoms. The first-order chi connectivity index (χ1) is 27.1. The summed E-state index contributed by atoms with van der Waals surface area (Å²) in [6.45, 7) is 13.0. The number of carboxylic acid groups (broad SMARTS) is 1. The number of carbonyl (C=O) groups is 4. The van der Waals surface area contributed by atoms with Gasteiger partial charge in [0.15, 0.2) is 0 Å². The fourth-order valence-corrected chi connectivity index (χ4v) is 11.5. The molecular formula is C41H58IN4O11-. The number of aliphatic carboxylic acids is 1. The number of methoxy groups -OCH3 is 2. The Labute approximate surface area is 345 Å². The van der Waals surface area contributed by atoms with Crippen LogP contribution in [0.4, 0.5) is 4.79 Å². The Morgan fingerprint density at radius 1 is 1.04 bits per heavy atom. The third kappa shape index (κ3) is 9.17. The number of nitrogens with one attached hydrogen (secondary N) is 2. The Morgan fingerprint density at radius 2 is 1.75 bits per heavy atom. The summed E-state index contributed by atoms with van der Waals surface area (Å²) >= 11 is -1.30. The summed E-state index contributed by atoms with van der Waals surface area (Å²) in [4.78, 5) is 60.8. The molecule has 5 fully saturated rings. The molecular weight excluding hydrogens is 851 g/mol. The van der Waals surface area contributed by atoms with Crippen LogP contribution in [0.3, 0.4) is 0 Å². The van der Waals surface area contributed by atoms with Gasteiger partial charge in [0, 0.05) is 14.2 Å². The number of likely N-dealkylation sites (tertiary alicyclic amines) is 1.